The summed E-state index contributed by atoms with van der Waals surface area (Å²) in [6, 6.07) is 7.83. The third-order valence-corrected chi connectivity index (χ3v) is 8.30. The van der Waals surface area contributed by atoms with Gasteiger partial charge in [0.2, 0.25) is 17.7 Å². The third-order valence-electron chi connectivity index (χ3n) is 7.98. The van der Waals surface area contributed by atoms with Gasteiger partial charge in [-0.15, -0.1) is 0 Å². The maximum absolute atomic E-state index is 14.0. The van der Waals surface area contributed by atoms with E-state index < -0.39 is 40.9 Å². The molecule has 182 valence electrons. The molecule has 1 N–H and O–H groups in total. The molecule has 4 aliphatic rings. The van der Waals surface area contributed by atoms with Gasteiger partial charge in [0.1, 0.15) is 5.54 Å². The van der Waals surface area contributed by atoms with Gasteiger partial charge in [0.15, 0.2) is 0 Å². The fourth-order valence-electron chi connectivity index (χ4n) is 6.57. The topological polar surface area (TPSA) is 69.7 Å². The summed E-state index contributed by atoms with van der Waals surface area (Å²) in [5.74, 6) is -3.58. The van der Waals surface area contributed by atoms with E-state index in [-0.39, 0.29) is 22.7 Å². The molecule has 0 saturated carbocycles. The Hall–Kier alpha value is -2.91. The van der Waals surface area contributed by atoms with Crippen molar-refractivity contribution < 1.29 is 27.6 Å². The van der Waals surface area contributed by atoms with Crippen molar-refractivity contribution in [1.29, 1.82) is 0 Å². The second-order valence-corrected chi connectivity index (χ2v) is 9.94. The zero-order chi connectivity index (χ0) is 24.9. The lowest BCUT2D eigenvalue weighted by Crippen LogP contribution is -2.54. The fourth-order valence-corrected chi connectivity index (χ4v) is 6.77. The number of carbonyl (C=O) groups is 3. The SMILES string of the molecule is CCc1ccc2c(c1)[C@]1(C(=O)N2)[C@@H]2C(=O)N(c3cc(C(F)(F)F)ccc3Cl)C(=O)[C@@H]2[C@@H]2CCCN21. The van der Waals surface area contributed by atoms with Crippen LogP contribution in [0.5, 0.6) is 0 Å². The van der Waals surface area contributed by atoms with E-state index in [9.17, 15) is 27.6 Å². The van der Waals surface area contributed by atoms with Crippen molar-refractivity contribution in [2.24, 2.45) is 11.8 Å². The molecule has 4 aliphatic heterocycles. The minimum absolute atomic E-state index is 0.137. The highest BCUT2D eigenvalue weighted by molar-refractivity contribution is 6.36. The summed E-state index contributed by atoms with van der Waals surface area (Å²) in [5.41, 5.74) is -0.473. The van der Waals surface area contributed by atoms with Crippen LogP contribution in [-0.4, -0.2) is 35.2 Å². The lowest BCUT2D eigenvalue weighted by Gasteiger charge is -2.37. The van der Waals surface area contributed by atoms with E-state index in [1.807, 2.05) is 30.0 Å². The number of imide groups is 1. The summed E-state index contributed by atoms with van der Waals surface area (Å²) in [4.78, 5) is 44.1. The Morgan fingerprint density at radius 2 is 1.89 bits per heavy atom. The standard InChI is InChI=1S/C25H21ClF3N3O3/c1-2-12-5-8-16-14(10-12)24(23(35)30-16)20-19(17-4-3-9-31(17)24)21(33)32(22(20)34)18-11-13(25(27,28)29)6-7-15(18)26/h5-8,10-11,17,19-20H,2-4,9H2,1H3,(H,30,35)/t17-,19+,20-,24+/m0/s1. The molecule has 6 rings (SSSR count). The number of benzene rings is 2. The largest absolute Gasteiger partial charge is 0.416 e. The molecule has 6 nitrogen and oxygen atoms in total. The number of nitrogens with zero attached hydrogens (tertiary/aromatic N) is 2. The van der Waals surface area contributed by atoms with Crippen LogP contribution in [0.4, 0.5) is 24.5 Å². The zero-order valence-electron chi connectivity index (χ0n) is 18.7. The molecule has 0 aliphatic carbocycles. The first-order valence-electron chi connectivity index (χ1n) is 11.6. The predicted molar refractivity (Wildman–Crippen MR) is 122 cm³/mol. The minimum atomic E-state index is -4.68. The van der Waals surface area contributed by atoms with Gasteiger partial charge in [-0.1, -0.05) is 30.7 Å². The number of amides is 3. The fraction of sp³-hybridized carbons (Fsp3) is 0.400. The van der Waals surface area contributed by atoms with Crippen LogP contribution in [0.3, 0.4) is 0 Å². The first-order valence-corrected chi connectivity index (χ1v) is 11.9. The van der Waals surface area contributed by atoms with Crippen molar-refractivity contribution in [3.8, 4) is 0 Å². The number of hydrogen-bond acceptors (Lipinski definition) is 4. The molecule has 3 saturated heterocycles. The van der Waals surface area contributed by atoms with Crippen LogP contribution in [0.1, 0.15) is 36.5 Å². The Morgan fingerprint density at radius 1 is 1.11 bits per heavy atom. The summed E-state index contributed by atoms with van der Waals surface area (Å²) in [7, 11) is 0. The lowest BCUT2D eigenvalue weighted by molar-refractivity contribution is -0.137. The van der Waals surface area contributed by atoms with Gasteiger partial charge in [-0.3, -0.25) is 19.3 Å². The van der Waals surface area contributed by atoms with E-state index in [0.29, 0.717) is 30.6 Å². The number of alkyl halides is 3. The molecule has 35 heavy (non-hydrogen) atoms. The Bertz CT molecular complexity index is 1310. The average molecular weight is 504 g/mol. The highest BCUT2D eigenvalue weighted by Gasteiger charge is 2.74. The van der Waals surface area contributed by atoms with Crippen LogP contribution in [0.15, 0.2) is 36.4 Å². The summed E-state index contributed by atoms with van der Waals surface area (Å²) in [6.07, 6.45) is -2.60. The van der Waals surface area contributed by atoms with Gasteiger partial charge >= 0.3 is 6.18 Å². The summed E-state index contributed by atoms with van der Waals surface area (Å²) < 4.78 is 40.3. The number of carbonyl (C=O) groups excluding carboxylic acids is 3. The molecule has 4 atom stereocenters. The van der Waals surface area contributed by atoms with Gasteiger partial charge in [0.05, 0.1) is 28.1 Å². The molecule has 10 heteroatoms. The van der Waals surface area contributed by atoms with E-state index in [2.05, 4.69) is 5.32 Å². The molecule has 3 amide bonds. The van der Waals surface area contributed by atoms with E-state index in [4.69, 9.17) is 11.6 Å². The Labute approximate surface area is 204 Å². The normalized spacial score (nSPS) is 29.7. The average Bonchev–Trinajstić information content (AvgIpc) is 3.51. The number of halogens is 4. The third kappa shape index (κ3) is 2.79. The molecule has 0 radical (unpaired) electrons. The number of hydrogen-bond donors (Lipinski definition) is 1. The van der Waals surface area contributed by atoms with Gasteiger partial charge in [-0.2, -0.15) is 13.2 Å². The highest BCUT2D eigenvalue weighted by atomic mass is 35.5. The Morgan fingerprint density at radius 3 is 2.60 bits per heavy atom. The number of rotatable bonds is 2. The molecule has 0 unspecified atom stereocenters. The molecule has 3 fully saturated rings. The molecular formula is C25H21ClF3N3O3. The van der Waals surface area contributed by atoms with Crippen LogP contribution >= 0.6 is 11.6 Å². The minimum Gasteiger partial charge on any atom is -0.324 e. The molecular weight excluding hydrogens is 483 g/mol. The smallest absolute Gasteiger partial charge is 0.324 e. The molecule has 0 aromatic heterocycles. The predicted octanol–water partition coefficient (Wildman–Crippen LogP) is 4.35. The zero-order valence-corrected chi connectivity index (χ0v) is 19.4. The molecule has 2 aromatic rings. The van der Waals surface area contributed by atoms with Gasteiger partial charge in [0.25, 0.3) is 0 Å². The van der Waals surface area contributed by atoms with E-state index in [1.165, 1.54) is 0 Å². The lowest BCUT2D eigenvalue weighted by atomic mass is 9.75. The quantitative estimate of drug-likeness (QED) is 0.619. The van der Waals surface area contributed by atoms with E-state index >= 15 is 0 Å². The second-order valence-electron chi connectivity index (χ2n) is 9.54. The van der Waals surface area contributed by atoms with Crippen LogP contribution in [0.2, 0.25) is 5.02 Å². The monoisotopic (exact) mass is 503 g/mol. The van der Waals surface area contributed by atoms with Gasteiger partial charge in [-0.25, -0.2) is 4.90 Å². The van der Waals surface area contributed by atoms with Crippen LogP contribution in [0.25, 0.3) is 0 Å². The summed E-state index contributed by atoms with van der Waals surface area (Å²) in [5, 5.41) is 2.76. The van der Waals surface area contributed by atoms with Crippen LogP contribution in [0, 0.1) is 11.8 Å². The van der Waals surface area contributed by atoms with E-state index in [0.717, 1.165) is 35.1 Å². The number of fused-ring (bicyclic) bond motifs is 7. The van der Waals surface area contributed by atoms with Crippen molar-refractivity contribution in [2.75, 3.05) is 16.8 Å². The maximum Gasteiger partial charge on any atom is 0.416 e. The Kier molecular flexibility index (Phi) is 4.70. The molecule has 0 bridgehead atoms. The second kappa shape index (κ2) is 7.30. The maximum atomic E-state index is 14.0. The van der Waals surface area contributed by atoms with Crippen molar-refractivity contribution in [2.45, 2.75) is 43.9 Å². The van der Waals surface area contributed by atoms with Crippen LogP contribution in [-0.2, 0) is 32.5 Å². The van der Waals surface area contributed by atoms with Gasteiger partial charge in [-0.05, 0) is 55.6 Å². The summed E-state index contributed by atoms with van der Waals surface area (Å²) in [6.45, 7) is 2.53. The van der Waals surface area contributed by atoms with Crippen molar-refractivity contribution in [3.63, 3.8) is 0 Å². The number of nitrogens with one attached hydrogen (secondary N) is 1. The highest BCUT2D eigenvalue weighted by Crippen LogP contribution is 2.61. The molecule has 2 aromatic carbocycles. The first-order chi connectivity index (χ1) is 16.6. The summed E-state index contributed by atoms with van der Waals surface area (Å²) >= 11 is 6.22. The number of aryl methyl sites for hydroxylation is 1. The molecule has 1 spiro atoms. The molecule has 4 heterocycles. The first kappa shape index (κ1) is 22.5. The van der Waals surface area contributed by atoms with E-state index in [1.54, 1.807) is 0 Å². The van der Waals surface area contributed by atoms with Crippen molar-refractivity contribution in [1.82, 2.24) is 4.90 Å². The Balaban J connectivity index is 1.54. The van der Waals surface area contributed by atoms with Crippen LogP contribution < -0.4 is 10.2 Å². The van der Waals surface area contributed by atoms with Crippen molar-refractivity contribution >= 4 is 40.7 Å². The van der Waals surface area contributed by atoms with Gasteiger partial charge < -0.3 is 5.32 Å². The van der Waals surface area contributed by atoms with Gasteiger partial charge in [0, 0.05) is 17.3 Å². The number of anilines is 2. The van der Waals surface area contributed by atoms with Crippen molar-refractivity contribution in [3.05, 3.63) is 58.1 Å².